The molecular weight excluding hydrogens is 360 g/mol. The third-order valence-electron chi connectivity index (χ3n) is 4.60. The molecule has 4 nitrogen and oxygen atoms in total. The van der Waals surface area contributed by atoms with Crippen LogP contribution < -0.4 is 4.74 Å². The average Bonchev–Trinajstić information content (AvgIpc) is 3.23. The van der Waals surface area contributed by atoms with Crippen LogP contribution in [0.3, 0.4) is 0 Å². The number of ketones is 1. The van der Waals surface area contributed by atoms with E-state index < -0.39 is 0 Å². The second kappa shape index (κ2) is 8.40. The second-order valence-electron chi connectivity index (χ2n) is 6.48. The maximum absolute atomic E-state index is 12.7. The van der Waals surface area contributed by atoms with Gasteiger partial charge in [0.1, 0.15) is 5.75 Å². The molecule has 0 saturated heterocycles. The predicted octanol–water partition coefficient (Wildman–Crippen LogP) is 5.44. The molecule has 29 heavy (non-hydrogen) atoms. The molecule has 0 fully saturated rings. The van der Waals surface area contributed by atoms with Crippen LogP contribution in [0, 0.1) is 0 Å². The molecule has 4 aromatic rings. The van der Waals surface area contributed by atoms with Gasteiger partial charge in [0.25, 0.3) is 0 Å². The lowest BCUT2D eigenvalue weighted by Gasteiger charge is -2.04. The lowest BCUT2D eigenvalue weighted by molar-refractivity contribution is 0.104. The second-order valence-corrected chi connectivity index (χ2v) is 6.48. The zero-order valence-electron chi connectivity index (χ0n) is 16.0. The van der Waals surface area contributed by atoms with Gasteiger partial charge < -0.3 is 4.74 Å². The normalized spacial score (nSPS) is 10.9. The number of hydrogen-bond donors (Lipinski definition) is 0. The van der Waals surface area contributed by atoms with Crippen molar-refractivity contribution in [3.05, 3.63) is 108 Å². The first-order valence-corrected chi connectivity index (χ1v) is 9.32. The first-order chi connectivity index (χ1) is 14.3. The SMILES string of the molecule is COc1ccccc1C(=O)C=Cc1cn(-c2ccccc2)nc1-c1ccccc1. The minimum Gasteiger partial charge on any atom is -0.496 e. The van der Waals surface area contributed by atoms with E-state index in [0.717, 1.165) is 22.5 Å². The number of aromatic nitrogens is 2. The minimum atomic E-state index is -0.117. The highest BCUT2D eigenvalue weighted by Gasteiger charge is 2.12. The molecular formula is C25H20N2O2. The highest BCUT2D eigenvalue weighted by Crippen LogP contribution is 2.25. The fourth-order valence-electron chi connectivity index (χ4n) is 3.15. The summed E-state index contributed by atoms with van der Waals surface area (Å²) in [6.45, 7) is 0. The largest absolute Gasteiger partial charge is 0.496 e. The number of carbonyl (C=O) groups is 1. The Hall–Kier alpha value is -3.92. The molecule has 0 radical (unpaired) electrons. The molecule has 0 aliphatic heterocycles. The molecule has 0 atom stereocenters. The van der Waals surface area contributed by atoms with Crippen molar-refractivity contribution in [3.63, 3.8) is 0 Å². The smallest absolute Gasteiger partial charge is 0.189 e. The molecule has 0 unspecified atom stereocenters. The highest BCUT2D eigenvalue weighted by atomic mass is 16.5. The van der Waals surface area contributed by atoms with Crippen LogP contribution in [0.4, 0.5) is 0 Å². The summed E-state index contributed by atoms with van der Waals surface area (Å²) < 4.78 is 7.13. The standard InChI is InChI=1S/C25H20N2O2/c1-29-24-15-9-8-14-22(24)23(28)17-16-20-18-27(21-12-6-3-7-13-21)26-25(20)19-10-4-2-5-11-19/h2-18H,1H3. The van der Waals surface area contributed by atoms with Gasteiger partial charge in [0.05, 0.1) is 24.1 Å². The van der Waals surface area contributed by atoms with Gasteiger partial charge >= 0.3 is 0 Å². The van der Waals surface area contributed by atoms with Gasteiger partial charge in [-0.05, 0) is 36.4 Å². The van der Waals surface area contributed by atoms with Crippen molar-refractivity contribution in [2.45, 2.75) is 0 Å². The van der Waals surface area contributed by atoms with Gasteiger partial charge in [-0.25, -0.2) is 4.68 Å². The highest BCUT2D eigenvalue weighted by molar-refractivity contribution is 6.08. The Morgan fingerprint density at radius 3 is 2.28 bits per heavy atom. The van der Waals surface area contributed by atoms with Gasteiger partial charge in [-0.1, -0.05) is 60.7 Å². The van der Waals surface area contributed by atoms with E-state index in [4.69, 9.17) is 9.84 Å². The van der Waals surface area contributed by atoms with Crippen LogP contribution in [0.5, 0.6) is 5.75 Å². The van der Waals surface area contributed by atoms with Crippen LogP contribution in [0.2, 0.25) is 0 Å². The maximum Gasteiger partial charge on any atom is 0.189 e. The van der Waals surface area contributed by atoms with E-state index >= 15 is 0 Å². The zero-order valence-corrected chi connectivity index (χ0v) is 16.0. The Morgan fingerprint density at radius 1 is 0.897 bits per heavy atom. The Labute approximate surface area is 169 Å². The molecule has 0 amide bonds. The third kappa shape index (κ3) is 4.01. The number of rotatable bonds is 6. The summed E-state index contributed by atoms with van der Waals surface area (Å²) in [5, 5.41) is 4.76. The first kappa shape index (κ1) is 18.4. The number of nitrogens with zero attached hydrogens (tertiary/aromatic N) is 2. The Bertz CT molecular complexity index is 1150. The minimum absolute atomic E-state index is 0.117. The van der Waals surface area contributed by atoms with Gasteiger partial charge in [-0.15, -0.1) is 0 Å². The number of carbonyl (C=O) groups excluding carboxylic acids is 1. The van der Waals surface area contributed by atoms with Crippen LogP contribution in [0.1, 0.15) is 15.9 Å². The van der Waals surface area contributed by atoms with Crippen molar-refractivity contribution in [1.29, 1.82) is 0 Å². The first-order valence-electron chi connectivity index (χ1n) is 9.32. The molecule has 4 heteroatoms. The Balaban J connectivity index is 1.73. The number of ether oxygens (including phenoxy) is 1. The summed E-state index contributed by atoms with van der Waals surface area (Å²) in [5.41, 5.74) is 4.16. The number of methoxy groups -OCH3 is 1. The summed E-state index contributed by atoms with van der Waals surface area (Å²) in [7, 11) is 1.56. The lowest BCUT2D eigenvalue weighted by Crippen LogP contribution is -1.98. The summed E-state index contributed by atoms with van der Waals surface area (Å²) >= 11 is 0. The van der Waals surface area contributed by atoms with E-state index in [-0.39, 0.29) is 5.78 Å². The predicted molar refractivity (Wildman–Crippen MR) is 115 cm³/mol. The number of benzene rings is 3. The van der Waals surface area contributed by atoms with Crippen molar-refractivity contribution in [2.24, 2.45) is 0 Å². The van der Waals surface area contributed by atoms with E-state index in [1.807, 2.05) is 89.8 Å². The van der Waals surface area contributed by atoms with Crippen molar-refractivity contribution >= 4 is 11.9 Å². The molecule has 0 aliphatic rings. The number of allylic oxidation sites excluding steroid dienone is 1. The van der Waals surface area contributed by atoms with Crippen LogP contribution >= 0.6 is 0 Å². The van der Waals surface area contributed by atoms with Gasteiger partial charge in [0, 0.05) is 17.3 Å². The van der Waals surface area contributed by atoms with Crippen LogP contribution in [0.15, 0.2) is 97.2 Å². The van der Waals surface area contributed by atoms with E-state index in [9.17, 15) is 4.79 Å². The molecule has 142 valence electrons. The maximum atomic E-state index is 12.7. The third-order valence-corrected chi connectivity index (χ3v) is 4.60. The molecule has 0 bridgehead atoms. The summed E-state index contributed by atoms with van der Waals surface area (Å²) in [6.07, 6.45) is 5.31. The summed E-state index contributed by atoms with van der Waals surface area (Å²) in [4.78, 5) is 12.7. The molecule has 4 rings (SSSR count). The fourth-order valence-corrected chi connectivity index (χ4v) is 3.15. The van der Waals surface area contributed by atoms with E-state index in [0.29, 0.717) is 11.3 Å². The monoisotopic (exact) mass is 380 g/mol. The van der Waals surface area contributed by atoms with Gasteiger partial charge in [-0.3, -0.25) is 4.79 Å². The van der Waals surface area contributed by atoms with E-state index in [1.54, 1.807) is 25.3 Å². The Kier molecular flexibility index (Phi) is 5.34. The van der Waals surface area contributed by atoms with Gasteiger partial charge in [0.2, 0.25) is 0 Å². The number of para-hydroxylation sites is 2. The van der Waals surface area contributed by atoms with Gasteiger partial charge in [-0.2, -0.15) is 5.10 Å². The summed E-state index contributed by atoms with van der Waals surface area (Å²) in [6, 6.07) is 27.1. The fraction of sp³-hybridized carbons (Fsp3) is 0.0400. The molecule has 0 spiro atoms. The van der Waals surface area contributed by atoms with Crippen molar-refractivity contribution in [2.75, 3.05) is 7.11 Å². The van der Waals surface area contributed by atoms with Crippen molar-refractivity contribution in [3.8, 4) is 22.7 Å². The molecule has 1 heterocycles. The quantitative estimate of drug-likeness (QED) is 0.330. The van der Waals surface area contributed by atoms with E-state index in [1.165, 1.54) is 0 Å². The van der Waals surface area contributed by atoms with Crippen molar-refractivity contribution < 1.29 is 9.53 Å². The molecule has 3 aromatic carbocycles. The van der Waals surface area contributed by atoms with Crippen LogP contribution in [0.25, 0.3) is 23.0 Å². The number of hydrogen-bond acceptors (Lipinski definition) is 3. The molecule has 1 aromatic heterocycles. The van der Waals surface area contributed by atoms with E-state index in [2.05, 4.69) is 0 Å². The van der Waals surface area contributed by atoms with Crippen molar-refractivity contribution in [1.82, 2.24) is 9.78 Å². The zero-order chi connectivity index (χ0) is 20.1. The Morgan fingerprint density at radius 2 is 1.55 bits per heavy atom. The van der Waals surface area contributed by atoms with Crippen LogP contribution in [-0.2, 0) is 0 Å². The van der Waals surface area contributed by atoms with Gasteiger partial charge in [0.15, 0.2) is 5.78 Å². The molecule has 0 saturated carbocycles. The van der Waals surface area contributed by atoms with Crippen LogP contribution in [-0.4, -0.2) is 22.7 Å². The topological polar surface area (TPSA) is 44.1 Å². The average molecular weight is 380 g/mol. The lowest BCUT2D eigenvalue weighted by atomic mass is 10.1. The molecule has 0 N–H and O–H groups in total. The summed E-state index contributed by atoms with van der Waals surface area (Å²) in [5.74, 6) is 0.444. The molecule has 0 aliphatic carbocycles.